The summed E-state index contributed by atoms with van der Waals surface area (Å²) in [4.78, 5) is 12.4. The van der Waals surface area contributed by atoms with Gasteiger partial charge in [0.1, 0.15) is 0 Å². The highest BCUT2D eigenvalue weighted by atomic mass is 14.8. The molecule has 0 saturated carbocycles. The van der Waals surface area contributed by atoms with E-state index in [4.69, 9.17) is 0 Å². The smallest absolute Gasteiger partial charge is 0.0886 e. The Labute approximate surface area is 76.5 Å². The van der Waals surface area contributed by atoms with E-state index in [9.17, 15) is 0 Å². The molecule has 3 nitrogen and oxygen atoms in total. The topological polar surface area (TPSA) is 38.7 Å². The number of hydrogen-bond donors (Lipinski definition) is 0. The molecule has 0 atom stereocenters. The SMILES string of the molecule is Cc1cnc(-c2ccncc2)cn1. The van der Waals surface area contributed by atoms with Gasteiger partial charge in [-0.3, -0.25) is 15.0 Å². The van der Waals surface area contributed by atoms with Crippen LogP contribution in [0.3, 0.4) is 0 Å². The second-order valence-electron chi connectivity index (χ2n) is 2.78. The first-order valence-corrected chi connectivity index (χ1v) is 4.05. The molecular formula is C10H9N3. The molecule has 0 unspecified atom stereocenters. The number of aromatic nitrogens is 3. The minimum atomic E-state index is 0.882. The summed E-state index contributed by atoms with van der Waals surface area (Å²) in [7, 11) is 0. The normalized spacial score (nSPS) is 9.92. The molecular weight excluding hydrogens is 162 g/mol. The largest absolute Gasteiger partial charge is 0.265 e. The Kier molecular flexibility index (Phi) is 2.00. The summed E-state index contributed by atoms with van der Waals surface area (Å²) < 4.78 is 0. The molecule has 0 aliphatic carbocycles. The molecule has 0 aliphatic rings. The molecule has 13 heavy (non-hydrogen) atoms. The average molecular weight is 171 g/mol. The van der Waals surface area contributed by atoms with Gasteiger partial charge in [-0.25, -0.2) is 0 Å². The Bertz CT molecular complexity index is 381. The van der Waals surface area contributed by atoms with Crippen molar-refractivity contribution in [1.82, 2.24) is 15.0 Å². The van der Waals surface area contributed by atoms with Crippen molar-refractivity contribution < 1.29 is 0 Å². The van der Waals surface area contributed by atoms with Crippen LogP contribution in [-0.4, -0.2) is 15.0 Å². The van der Waals surface area contributed by atoms with Crippen LogP contribution in [-0.2, 0) is 0 Å². The Balaban J connectivity index is 2.42. The summed E-state index contributed by atoms with van der Waals surface area (Å²) in [5, 5.41) is 0. The van der Waals surface area contributed by atoms with Crippen molar-refractivity contribution in [1.29, 1.82) is 0 Å². The fourth-order valence-corrected chi connectivity index (χ4v) is 1.06. The third-order valence-corrected chi connectivity index (χ3v) is 1.76. The van der Waals surface area contributed by atoms with Crippen molar-refractivity contribution in [2.75, 3.05) is 0 Å². The first kappa shape index (κ1) is 7.86. The zero-order valence-electron chi connectivity index (χ0n) is 7.31. The van der Waals surface area contributed by atoms with Gasteiger partial charge < -0.3 is 0 Å². The molecule has 0 saturated heterocycles. The van der Waals surface area contributed by atoms with Crippen molar-refractivity contribution in [3.8, 4) is 11.3 Å². The lowest BCUT2D eigenvalue weighted by atomic mass is 10.2. The molecule has 0 amide bonds. The van der Waals surface area contributed by atoms with Crippen LogP contribution in [0, 0.1) is 6.92 Å². The van der Waals surface area contributed by atoms with Gasteiger partial charge in [0.05, 0.1) is 17.6 Å². The molecule has 0 fully saturated rings. The van der Waals surface area contributed by atoms with Crippen LogP contribution in [0.5, 0.6) is 0 Å². The first-order chi connectivity index (χ1) is 6.36. The van der Waals surface area contributed by atoms with Crippen molar-refractivity contribution in [3.05, 3.63) is 42.6 Å². The lowest BCUT2D eigenvalue weighted by molar-refractivity contribution is 1.12. The van der Waals surface area contributed by atoms with E-state index in [0.29, 0.717) is 0 Å². The van der Waals surface area contributed by atoms with E-state index in [-0.39, 0.29) is 0 Å². The van der Waals surface area contributed by atoms with E-state index < -0.39 is 0 Å². The van der Waals surface area contributed by atoms with E-state index >= 15 is 0 Å². The first-order valence-electron chi connectivity index (χ1n) is 4.05. The lowest BCUT2D eigenvalue weighted by Gasteiger charge is -1.98. The molecule has 0 radical (unpaired) electrons. The van der Waals surface area contributed by atoms with E-state index in [1.165, 1.54) is 0 Å². The summed E-state index contributed by atoms with van der Waals surface area (Å²) in [6.07, 6.45) is 7.02. The van der Waals surface area contributed by atoms with Gasteiger partial charge in [0.2, 0.25) is 0 Å². The Hall–Kier alpha value is -1.77. The summed E-state index contributed by atoms with van der Waals surface area (Å²) >= 11 is 0. The Morgan fingerprint density at radius 2 is 1.77 bits per heavy atom. The second-order valence-corrected chi connectivity index (χ2v) is 2.78. The molecule has 2 aromatic rings. The van der Waals surface area contributed by atoms with Crippen LogP contribution in [0.25, 0.3) is 11.3 Å². The lowest BCUT2D eigenvalue weighted by Crippen LogP contribution is -1.87. The minimum absolute atomic E-state index is 0.882. The molecule has 0 aromatic carbocycles. The van der Waals surface area contributed by atoms with E-state index in [0.717, 1.165) is 17.0 Å². The third-order valence-electron chi connectivity index (χ3n) is 1.76. The monoisotopic (exact) mass is 171 g/mol. The van der Waals surface area contributed by atoms with E-state index in [1.807, 2.05) is 19.1 Å². The maximum absolute atomic E-state index is 4.26. The Morgan fingerprint density at radius 3 is 2.38 bits per heavy atom. The van der Waals surface area contributed by atoms with Crippen molar-refractivity contribution >= 4 is 0 Å². The van der Waals surface area contributed by atoms with E-state index in [1.54, 1.807) is 24.8 Å². The highest BCUT2D eigenvalue weighted by molar-refractivity contribution is 5.56. The van der Waals surface area contributed by atoms with Crippen LogP contribution < -0.4 is 0 Å². The van der Waals surface area contributed by atoms with Crippen LogP contribution in [0.2, 0.25) is 0 Å². The highest BCUT2D eigenvalue weighted by Gasteiger charge is 1.97. The molecule has 0 bridgehead atoms. The van der Waals surface area contributed by atoms with Gasteiger partial charge in [0.25, 0.3) is 0 Å². The number of hydrogen-bond acceptors (Lipinski definition) is 3. The van der Waals surface area contributed by atoms with Crippen molar-refractivity contribution in [3.63, 3.8) is 0 Å². The molecule has 2 aromatic heterocycles. The average Bonchev–Trinajstić information content (AvgIpc) is 2.20. The van der Waals surface area contributed by atoms with Gasteiger partial charge in [-0.15, -0.1) is 0 Å². The maximum atomic E-state index is 4.26. The van der Waals surface area contributed by atoms with Crippen LogP contribution in [0.15, 0.2) is 36.9 Å². The zero-order valence-corrected chi connectivity index (χ0v) is 7.31. The number of nitrogens with zero attached hydrogens (tertiary/aromatic N) is 3. The molecule has 0 spiro atoms. The predicted molar refractivity (Wildman–Crippen MR) is 50.0 cm³/mol. The van der Waals surface area contributed by atoms with Gasteiger partial charge in [0.15, 0.2) is 0 Å². The quantitative estimate of drug-likeness (QED) is 0.657. The van der Waals surface area contributed by atoms with Crippen molar-refractivity contribution in [2.45, 2.75) is 6.92 Å². The van der Waals surface area contributed by atoms with Gasteiger partial charge in [-0.2, -0.15) is 0 Å². The summed E-state index contributed by atoms with van der Waals surface area (Å²) in [6.45, 7) is 1.92. The zero-order chi connectivity index (χ0) is 9.10. The third kappa shape index (κ3) is 1.69. The Morgan fingerprint density at radius 1 is 1.00 bits per heavy atom. The minimum Gasteiger partial charge on any atom is -0.265 e. The number of rotatable bonds is 1. The molecule has 64 valence electrons. The molecule has 3 heteroatoms. The molecule has 0 N–H and O–H groups in total. The van der Waals surface area contributed by atoms with Crippen LogP contribution >= 0.6 is 0 Å². The maximum Gasteiger partial charge on any atom is 0.0886 e. The highest BCUT2D eigenvalue weighted by Crippen LogP contribution is 2.13. The number of pyridine rings is 1. The number of aryl methyl sites for hydroxylation is 1. The van der Waals surface area contributed by atoms with Crippen molar-refractivity contribution in [2.24, 2.45) is 0 Å². The van der Waals surface area contributed by atoms with E-state index in [2.05, 4.69) is 15.0 Å². The molecule has 2 rings (SSSR count). The van der Waals surface area contributed by atoms with Gasteiger partial charge in [-0.1, -0.05) is 0 Å². The van der Waals surface area contributed by atoms with Gasteiger partial charge in [0, 0.05) is 24.2 Å². The summed E-state index contributed by atoms with van der Waals surface area (Å²) in [5.41, 5.74) is 2.85. The van der Waals surface area contributed by atoms with Gasteiger partial charge >= 0.3 is 0 Å². The standard InChI is InChI=1S/C10H9N3/c1-8-6-13-10(7-12-8)9-2-4-11-5-3-9/h2-7H,1H3. The van der Waals surface area contributed by atoms with Crippen LogP contribution in [0.1, 0.15) is 5.69 Å². The fraction of sp³-hybridized carbons (Fsp3) is 0.100. The van der Waals surface area contributed by atoms with Crippen LogP contribution in [0.4, 0.5) is 0 Å². The molecule has 0 aliphatic heterocycles. The summed E-state index contributed by atoms with van der Waals surface area (Å²) in [5.74, 6) is 0. The summed E-state index contributed by atoms with van der Waals surface area (Å²) in [6, 6.07) is 3.83. The predicted octanol–water partition coefficient (Wildman–Crippen LogP) is 1.85. The fourth-order valence-electron chi connectivity index (χ4n) is 1.06. The second kappa shape index (κ2) is 3.31. The molecule has 2 heterocycles. The van der Waals surface area contributed by atoms with Gasteiger partial charge in [-0.05, 0) is 19.1 Å².